The van der Waals surface area contributed by atoms with Gasteiger partial charge in [0, 0.05) is 15.4 Å². The number of piperidine rings is 1. The second-order valence-corrected chi connectivity index (χ2v) is 7.03. The van der Waals surface area contributed by atoms with Gasteiger partial charge in [-0.05, 0) is 57.3 Å². The average molecular weight is 355 g/mol. The van der Waals surface area contributed by atoms with E-state index in [1.165, 1.54) is 12.8 Å². The maximum absolute atomic E-state index is 10.2. The van der Waals surface area contributed by atoms with Crippen LogP contribution in [0.3, 0.4) is 0 Å². The van der Waals surface area contributed by atoms with Crippen molar-refractivity contribution >= 4 is 43.2 Å². The predicted molar refractivity (Wildman–Crippen MR) is 70.3 cm³/mol. The average Bonchev–Trinajstić information content (AvgIpc) is 2.59. The molecule has 0 saturated carbocycles. The number of hydrogen-bond donors (Lipinski definition) is 2. The predicted octanol–water partition coefficient (Wildman–Crippen LogP) is 3.45. The van der Waals surface area contributed by atoms with Crippen LogP contribution in [0.5, 0.6) is 0 Å². The van der Waals surface area contributed by atoms with Crippen molar-refractivity contribution in [1.29, 1.82) is 0 Å². The van der Waals surface area contributed by atoms with Gasteiger partial charge in [0.05, 0.1) is 3.79 Å². The molecule has 0 amide bonds. The second-order valence-electron chi connectivity index (χ2n) is 3.77. The molecule has 2 unspecified atom stereocenters. The summed E-state index contributed by atoms with van der Waals surface area (Å²) in [6.07, 6.45) is 3.12. The van der Waals surface area contributed by atoms with Crippen molar-refractivity contribution in [2.24, 2.45) is 0 Å². The minimum atomic E-state index is -0.377. The van der Waals surface area contributed by atoms with Gasteiger partial charge in [-0.2, -0.15) is 0 Å². The van der Waals surface area contributed by atoms with E-state index in [-0.39, 0.29) is 12.1 Å². The lowest BCUT2D eigenvalue weighted by atomic mass is 9.99. The molecule has 2 rings (SSSR count). The molecule has 2 N–H and O–H groups in total. The molecule has 0 bridgehead atoms. The number of aliphatic hydroxyl groups excluding tert-OH is 1. The first-order valence-electron chi connectivity index (χ1n) is 5.04. The zero-order chi connectivity index (χ0) is 10.8. The minimum absolute atomic E-state index is 0.219. The maximum Gasteiger partial charge on any atom is 0.103 e. The first-order valence-corrected chi connectivity index (χ1v) is 7.45. The van der Waals surface area contributed by atoms with E-state index in [9.17, 15) is 5.11 Å². The van der Waals surface area contributed by atoms with E-state index in [0.29, 0.717) is 0 Å². The highest BCUT2D eigenvalue weighted by molar-refractivity contribution is 9.13. The summed E-state index contributed by atoms with van der Waals surface area (Å²) in [4.78, 5) is 1.02. The van der Waals surface area contributed by atoms with Crippen molar-refractivity contribution in [3.63, 3.8) is 0 Å². The van der Waals surface area contributed by atoms with Gasteiger partial charge in [-0.3, -0.25) is 0 Å². The molecule has 2 nitrogen and oxygen atoms in total. The summed E-state index contributed by atoms with van der Waals surface area (Å²) in [6, 6.07) is 2.21. The smallest absolute Gasteiger partial charge is 0.103 e. The molecule has 1 aromatic heterocycles. The first kappa shape index (κ1) is 12.0. The molecule has 0 aliphatic carbocycles. The lowest BCUT2D eigenvalue weighted by molar-refractivity contribution is 0.117. The highest BCUT2D eigenvalue weighted by Crippen LogP contribution is 2.37. The number of nitrogens with one attached hydrogen (secondary N) is 1. The summed E-state index contributed by atoms with van der Waals surface area (Å²) >= 11 is 8.48. The van der Waals surface area contributed by atoms with E-state index in [0.717, 1.165) is 26.1 Å². The summed E-state index contributed by atoms with van der Waals surface area (Å²) < 4.78 is 2.07. The Morgan fingerprint density at radius 3 is 2.80 bits per heavy atom. The Hall–Kier alpha value is 0.580. The van der Waals surface area contributed by atoms with Crippen molar-refractivity contribution in [3.05, 3.63) is 19.2 Å². The molecule has 0 spiro atoms. The van der Waals surface area contributed by atoms with E-state index < -0.39 is 0 Å². The van der Waals surface area contributed by atoms with Gasteiger partial charge in [0.1, 0.15) is 6.10 Å². The van der Waals surface area contributed by atoms with E-state index in [2.05, 4.69) is 37.2 Å². The van der Waals surface area contributed by atoms with Gasteiger partial charge in [-0.1, -0.05) is 6.42 Å². The maximum atomic E-state index is 10.2. The van der Waals surface area contributed by atoms with E-state index in [1.54, 1.807) is 11.3 Å². The lowest BCUT2D eigenvalue weighted by Gasteiger charge is -2.27. The molecule has 0 radical (unpaired) electrons. The van der Waals surface area contributed by atoms with Crippen LogP contribution in [0.25, 0.3) is 0 Å². The number of thiophene rings is 1. The van der Waals surface area contributed by atoms with Crippen molar-refractivity contribution in [2.75, 3.05) is 6.54 Å². The molecule has 1 saturated heterocycles. The fourth-order valence-electron chi connectivity index (χ4n) is 1.86. The zero-order valence-corrected chi connectivity index (χ0v) is 12.2. The normalized spacial score (nSPS) is 24.1. The van der Waals surface area contributed by atoms with Crippen LogP contribution in [0.15, 0.2) is 14.3 Å². The minimum Gasteiger partial charge on any atom is -0.386 e. The van der Waals surface area contributed by atoms with Gasteiger partial charge < -0.3 is 10.4 Å². The van der Waals surface area contributed by atoms with Gasteiger partial charge in [-0.15, -0.1) is 11.3 Å². The largest absolute Gasteiger partial charge is 0.386 e. The molecule has 0 aromatic carbocycles. The monoisotopic (exact) mass is 353 g/mol. The first-order chi connectivity index (χ1) is 7.18. The lowest BCUT2D eigenvalue weighted by Crippen LogP contribution is -2.38. The quantitative estimate of drug-likeness (QED) is 0.852. The van der Waals surface area contributed by atoms with Gasteiger partial charge in [0.25, 0.3) is 0 Å². The Kier molecular flexibility index (Phi) is 4.24. The van der Waals surface area contributed by atoms with Crippen LogP contribution in [0, 0.1) is 0 Å². The second kappa shape index (κ2) is 5.27. The fourth-order valence-corrected chi connectivity index (χ4v) is 4.00. The molecule has 5 heteroatoms. The van der Waals surface area contributed by atoms with Gasteiger partial charge >= 0.3 is 0 Å². The molecule has 1 fully saturated rings. The summed E-state index contributed by atoms with van der Waals surface area (Å²) in [6.45, 7) is 1.02. The Morgan fingerprint density at radius 2 is 2.27 bits per heavy atom. The Balaban J connectivity index is 2.08. The number of hydrogen-bond acceptors (Lipinski definition) is 3. The summed E-state index contributed by atoms with van der Waals surface area (Å²) in [5, 5.41) is 13.6. The highest BCUT2D eigenvalue weighted by Gasteiger charge is 2.24. The third-order valence-corrected chi connectivity index (χ3v) is 6.01. The summed E-state index contributed by atoms with van der Waals surface area (Å²) in [7, 11) is 0. The highest BCUT2D eigenvalue weighted by atomic mass is 79.9. The molecule has 2 atom stereocenters. The van der Waals surface area contributed by atoms with E-state index in [1.807, 2.05) is 6.07 Å². The fraction of sp³-hybridized carbons (Fsp3) is 0.600. The van der Waals surface area contributed by atoms with Crippen LogP contribution in [0.4, 0.5) is 0 Å². The molecule has 84 valence electrons. The summed E-state index contributed by atoms with van der Waals surface area (Å²) in [5.74, 6) is 0. The van der Waals surface area contributed by atoms with Crippen molar-refractivity contribution in [1.82, 2.24) is 5.32 Å². The van der Waals surface area contributed by atoms with Crippen molar-refractivity contribution in [2.45, 2.75) is 31.4 Å². The molecule has 1 aliphatic rings. The Labute approximate surface area is 110 Å². The number of halogens is 2. The van der Waals surface area contributed by atoms with Crippen molar-refractivity contribution in [3.8, 4) is 0 Å². The molecule has 2 heterocycles. The standard InChI is InChI=1S/C10H13Br2NOS/c11-6-5-8(15-10(6)12)9(14)7-3-1-2-4-13-7/h5,7,9,13-14H,1-4H2. The van der Waals surface area contributed by atoms with Gasteiger partial charge in [-0.25, -0.2) is 0 Å². The zero-order valence-electron chi connectivity index (χ0n) is 8.17. The Bertz CT molecular complexity index is 317. The van der Waals surface area contributed by atoms with E-state index in [4.69, 9.17) is 0 Å². The van der Waals surface area contributed by atoms with Crippen LogP contribution in [-0.2, 0) is 0 Å². The molecule has 15 heavy (non-hydrogen) atoms. The SMILES string of the molecule is OC(c1cc(Br)c(Br)s1)C1CCCCN1. The number of aliphatic hydroxyl groups is 1. The molecule has 1 aliphatic heterocycles. The van der Waals surface area contributed by atoms with Crippen LogP contribution < -0.4 is 5.32 Å². The Morgan fingerprint density at radius 1 is 1.47 bits per heavy atom. The van der Waals surface area contributed by atoms with Crippen LogP contribution in [0.1, 0.15) is 30.2 Å². The summed E-state index contributed by atoms with van der Waals surface area (Å²) in [5.41, 5.74) is 0. The van der Waals surface area contributed by atoms with Crippen LogP contribution >= 0.6 is 43.2 Å². The topological polar surface area (TPSA) is 32.3 Å². The van der Waals surface area contributed by atoms with Crippen LogP contribution in [-0.4, -0.2) is 17.7 Å². The van der Waals surface area contributed by atoms with Gasteiger partial charge in [0.15, 0.2) is 0 Å². The molecular formula is C10H13Br2NOS. The molecular weight excluding hydrogens is 342 g/mol. The third-order valence-electron chi connectivity index (χ3n) is 2.69. The van der Waals surface area contributed by atoms with Gasteiger partial charge in [0.2, 0.25) is 0 Å². The van der Waals surface area contributed by atoms with Crippen molar-refractivity contribution < 1.29 is 5.11 Å². The van der Waals surface area contributed by atoms with E-state index >= 15 is 0 Å². The van der Waals surface area contributed by atoms with Crippen LogP contribution in [0.2, 0.25) is 0 Å². The number of rotatable bonds is 2. The molecule has 1 aromatic rings. The third kappa shape index (κ3) is 2.82.